The SMILES string of the molecule is COC(=O)CNS(=O)(=O)c1ccc(Cl)c(N)c1Cl. The summed E-state index contributed by atoms with van der Waals surface area (Å²) in [5.41, 5.74) is 5.47. The van der Waals surface area contributed by atoms with Gasteiger partial charge in [0.25, 0.3) is 0 Å². The van der Waals surface area contributed by atoms with E-state index in [1.54, 1.807) is 0 Å². The number of carbonyl (C=O) groups excluding carboxylic acids is 1. The molecule has 0 bridgehead atoms. The fourth-order valence-corrected chi connectivity index (χ4v) is 2.79. The van der Waals surface area contributed by atoms with Gasteiger partial charge in [-0.2, -0.15) is 4.72 Å². The van der Waals surface area contributed by atoms with Gasteiger partial charge in [-0.1, -0.05) is 23.2 Å². The first kappa shape index (κ1) is 15.0. The van der Waals surface area contributed by atoms with Crippen molar-refractivity contribution in [1.82, 2.24) is 4.72 Å². The molecule has 0 saturated heterocycles. The molecule has 0 heterocycles. The molecule has 0 aromatic heterocycles. The Kier molecular flexibility index (Phi) is 4.80. The lowest BCUT2D eigenvalue weighted by atomic mass is 10.3. The van der Waals surface area contributed by atoms with E-state index in [4.69, 9.17) is 28.9 Å². The first-order valence-electron chi connectivity index (χ1n) is 4.59. The number of rotatable bonds is 4. The molecule has 0 saturated carbocycles. The van der Waals surface area contributed by atoms with Gasteiger partial charge in [-0.25, -0.2) is 8.42 Å². The van der Waals surface area contributed by atoms with Gasteiger partial charge in [-0.3, -0.25) is 4.79 Å². The molecule has 0 aliphatic rings. The number of hydrogen-bond donors (Lipinski definition) is 2. The molecule has 0 atom stereocenters. The number of nitrogens with two attached hydrogens (primary N) is 1. The van der Waals surface area contributed by atoms with Crippen LogP contribution < -0.4 is 10.5 Å². The average molecular weight is 313 g/mol. The van der Waals surface area contributed by atoms with Crippen molar-refractivity contribution in [3.8, 4) is 0 Å². The first-order valence-corrected chi connectivity index (χ1v) is 6.83. The Morgan fingerprint density at radius 3 is 2.61 bits per heavy atom. The van der Waals surface area contributed by atoms with Crippen LogP contribution in [0.2, 0.25) is 10.0 Å². The summed E-state index contributed by atoms with van der Waals surface area (Å²) in [5, 5.41) is -0.0493. The van der Waals surface area contributed by atoms with Gasteiger partial charge >= 0.3 is 5.97 Å². The highest BCUT2D eigenvalue weighted by atomic mass is 35.5. The molecule has 0 aliphatic heterocycles. The molecular formula is C9H10Cl2N2O4S. The summed E-state index contributed by atoms with van der Waals surface area (Å²) in [5.74, 6) is -0.725. The highest BCUT2D eigenvalue weighted by Crippen LogP contribution is 2.32. The predicted molar refractivity (Wildman–Crippen MR) is 68.1 cm³/mol. The van der Waals surface area contributed by atoms with Crippen molar-refractivity contribution >= 4 is 44.9 Å². The number of anilines is 1. The molecule has 0 spiro atoms. The fourth-order valence-electron chi connectivity index (χ4n) is 1.06. The summed E-state index contributed by atoms with van der Waals surface area (Å²) in [4.78, 5) is 10.6. The van der Waals surface area contributed by atoms with Gasteiger partial charge in [0.05, 0.1) is 22.8 Å². The van der Waals surface area contributed by atoms with Crippen LogP contribution in [0.1, 0.15) is 0 Å². The Balaban J connectivity index is 3.06. The van der Waals surface area contributed by atoms with Gasteiger partial charge in [0, 0.05) is 0 Å². The number of benzene rings is 1. The number of sulfonamides is 1. The van der Waals surface area contributed by atoms with Crippen molar-refractivity contribution < 1.29 is 17.9 Å². The van der Waals surface area contributed by atoms with E-state index in [0.717, 1.165) is 7.11 Å². The summed E-state index contributed by atoms with van der Waals surface area (Å²) < 4.78 is 30.0. The van der Waals surface area contributed by atoms with Crippen LogP contribution >= 0.6 is 23.2 Å². The van der Waals surface area contributed by atoms with Crippen molar-refractivity contribution in [2.45, 2.75) is 4.90 Å². The van der Waals surface area contributed by atoms with E-state index in [-0.39, 0.29) is 20.6 Å². The minimum absolute atomic E-state index is 0.0423. The molecule has 1 aromatic rings. The van der Waals surface area contributed by atoms with Gasteiger partial charge in [-0.05, 0) is 12.1 Å². The van der Waals surface area contributed by atoms with Gasteiger partial charge < -0.3 is 10.5 Å². The minimum Gasteiger partial charge on any atom is -0.468 e. The second-order valence-corrected chi connectivity index (χ2v) is 5.69. The number of esters is 1. The molecular weight excluding hydrogens is 303 g/mol. The van der Waals surface area contributed by atoms with E-state index in [1.165, 1.54) is 12.1 Å². The normalized spacial score (nSPS) is 11.3. The summed E-state index contributed by atoms with van der Waals surface area (Å²) in [7, 11) is -2.81. The van der Waals surface area contributed by atoms with Crippen LogP contribution in [0.25, 0.3) is 0 Å². The lowest BCUT2D eigenvalue weighted by molar-refractivity contribution is -0.139. The third kappa shape index (κ3) is 3.26. The molecule has 1 aromatic carbocycles. The number of methoxy groups -OCH3 is 1. The number of ether oxygens (including phenoxy) is 1. The monoisotopic (exact) mass is 312 g/mol. The van der Waals surface area contributed by atoms with Gasteiger partial charge in [0.15, 0.2) is 0 Å². The van der Waals surface area contributed by atoms with Crippen LogP contribution in [0.5, 0.6) is 0 Å². The van der Waals surface area contributed by atoms with Crippen molar-refractivity contribution in [3.05, 3.63) is 22.2 Å². The standard InChI is InChI=1S/C9H10Cl2N2O4S/c1-17-7(14)4-13-18(15,16)6-3-2-5(10)9(12)8(6)11/h2-3,13H,4,12H2,1H3. The fraction of sp³-hybridized carbons (Fsp3) is 0.222. The zero-order valence-electron chi connectivity index (χ0n) is 9.24. The van der Waals surface area contributed by atoms with E-state index >= 15 is 0 Å². The third-order valence-electron chi connectivity index (χ3n) is 2.01. The van der Waals surface area contributed by atoms with Gasteiger partial charge in [-0.15, -0.1) is 0 Å². The van der Waals surface area contributed by atoms with Crippen LogP contribution in [-0.4, -0.2) is 28.0 Å². The Bertz CT molecular complexity index is 574. The zero-order chi connectivity index (χ0) is 13.9. The van der Waals surface area contributed by atoms with Gasteiger partial charge in [0.1, 0.15) is 11.4 Å². The van der Waals surface area contributed by atoms with Crippen molar-refractivity contribution in [2.75, 3.05) is 19.4 Å². The number of nitrogen functional groups attached to an aromatic ring is 1. The van der Waals surface area contributed by atoms with Crippen LogP contribution in [0, 0.1) is 0 Å². The lowest BCUT2D eigenvalue weighted by Gasteiger charge is -2.09. The van der Waals surface area contributed by atoms with Gasteiger partial charge in [0.2, 0.25) is 10.0 Å². The number of hydrogen-bond acceptors (Lipinski definition) is 5. The second kappa shape index (κ2) is 5.75. The summed E-state index contributed by atoms with van der Waals surface area (Å²) in [6.45, 7) is -0.502. The molecule has 6 nitrogen and oxygen atoms in total. The number of carbonyl (C=O) groups is 1. The Morgan fingerprint density at radius 2 is 2.06 bits per heavy atom. The molecule has 100 valence electrons. The molecule has 0 fully saturated rings. The molecule has 0 amide bonds. The van der Waals surface area contributed by atoms with Crippen LogP contribution in [0.4, 0.5) is 5.69 Å². The van der Waals surface area contributed by atoms with E-state index in [9.17, 15) is 13.2 Å². The molecule has 0 radical (unpaired) electrons. The number of halogens is 2. The highest BCUT2D eigenvalue weighted by Gasteiger charge is 2.21. The topological polar surface area (TPSA) is 98.5 Å². The smallest absolute Gasteiger partial charge is 0.320 e. The van der Waals surface area contributed by atoms with Crippen molar-refractivity contribution in [2.24, 2.45) is 0 Å². The minimum atomic E-state index is -3.96. The molecule has 3 N–H and O–H groups in total. The van der Waals surface area contributed by atoms with Crippen molar-refractivity contribution in [1.29, 1.82) is 0 Å². The summed E-state index contributed by atoms with van der Waals surface area (Å²) >= 11 is 11.5. The zero-order valence-corrected chi connectivity index (χ0v) is 11.6. The third-order valence-corrected chi connectivity index (χ3v) is 4.31. The largest absolute Gasteiger partial charge is 0.468 e. The molecule has 18 heavy (non-hydrogen) atoms. The molecule has 1 rings (SSSR count). The maximum atomic E-state index is 11.8. The average Bonchev–Trinajstić information content (AvgIpc) is 2.32. The van der Waals surface area contributed by atoms with E-state index in [1.807, 2.05) is 4.72 Å². The van der Waals surface area contributed by atoms with E-state index in [0.29, 0.717) is 0 Å². The second-order valence-electron chi connectivity index (χ2n) is 3.17. The molecule has 9 heteroatoms. The van der Waals surface area contributed by atoms with Crippen LogP contribution in [-0.2, 0) is 19.6 Å². The maximum absolute atomic E-state index is 11.8. The quantitative estimate of drug-likeness (QED) is 0.639. The lowest BCUT2D eigenvalue weighted by Crippen LogP contribution is -2.30. The Hall–Kier alpha value is -1.02. The Labute approximate surface area is 114 Å². The molecule has 0 unspecified atom stereocenters. The van der Waals surface area contributed by atoms with E-state index in [2.05, 4.69) is 4.74 Å². The molecule has 0 aliphatic carbocycles. The maximum Gasteiger partial charge on any atom is 0.320 e. The van der Waals surface area contributed by atoms with Crippen molar-refractivity contribution in [3.63, 3.8) is 0 Å². The summed E-state index contributed by atoms with van der Waals surface area (Å²) in [6.07, 6.45) is 0. The Morgan fingerprint density at radius 1 is 1.44 bits per heavy atom. The number of nitrogens with one attached hydrogen (secondary N) is 1. The summed E-state index contributed by atoms with van der Waals surface area (Å²) in [6, 6.07) is 2.50. The van der Waals surface area contributed by atoms with E-state index < -0.39 is 22.5 Å². The predicted octanol–water partition coefficient (Wildman–Crippen LogP) is 1.03. The van der Waals surface area contributed by atoms with Crippen LogP contribution in [0.3, 0.4) is 0 Å². The highest BCUT2D eigenvalue weighted by molar-refractivity contribution is 7.89. The first-order chi connectivity index (χ1) is 8.29. The van der Waals surface area contributed by atoms with Crippen LogP contribution in [0.15, 0.2) is 17.0 Å².